The summed E-state index contributed by atoms with van der Waals surface area (Å²) in [6.07, 6.45) is 0. The second kappa shape index (κ2) is 12.0. The van der Waals surface area contributed by atoms with Gasteiger partial charge in [0, 0.05) is 39.6 Å². The van der Waals surface area contributed by atoms with Gasteiger partial charge in [-0.1, -0.05) is 0 Å². The molecular weight excluding hydrogens is 382 g/mol. The molecule has 1 N–H and O–H groups in total. The van der Waals surface area contributed by atoms with Gasteiger partial charge in [0.1, 0.15) is 0 Å². The van der Waals surface area contributed by atoms with Crippen LogP contribution in [0, 0.1) is 0 Å². The van der Waals surface area contributed by atoms with Gasteiger partial charge in [-0.3, -0.25) is 5.32 Å². The van der Waals surface area contributed by atoms with Crippen LogP contribution in [0.1, 0.15) is 69.2 Å². The lowest BCUT2D eigenvalue weighted by Crippen LogP contribution is -2.78. The quantitative estimate of drug-likeness (QED) is 0.381. The van der Waals surface area contributed by atoms with Crippen LogP contribution in [-0.2, 0) is 26.6 Å². The summed E-state index contributed by atoms with van der Waals surface area (Å²) in [4.78, 5) is 0. The first-order valence-corrected chi connectivity index (χ1v) is 13.6. The highest BCUT2D eigenvalue weighted by molar-refractivity contribution is 6.66. The van der Waals surface area contributed by atoms with E-state index in [1.165, 1.54) is 0 Å². The van der Waals surface area contributed by atoms with Crippen molar-refractivity contribution in [3.63, 3.8) is 0 Å². The minimum atomic E-state index is -3.04. The van der Waals surface area contributed by atoms with Gasteiger partial charge in [0.05, 0.1) is 10.3 Å². The van der Waals surface area contributed by atoms with Crippen LogP contribution in [-0.4, -0.2) is 67.6 Å². The molecule has 9 heteroatoms. The Labute approximate surface area is 169 Å². The van der Waals surface area contributed by atoms with Crippen molar-refractivity contribution >= 4 is 17.6 Å². The van der Waals surface area contributed by atoms with E-state index >= 15 is 0 Å². The number of hydrogen-bond donors (Lipinski definition) is 1. The van der Waals surface area contributed by atoms with Crippen molar-refractivity contribution in [1.82, 2.24) is 5.32 Å². The van der Waals surface area contributed by atoms with E-state index in [9.17, 15) is 0 Å². The molecule has 7 nitrogen and oxygen atoms in total. The molecule has 0 heterocycles. The van der Waals surface area contributed by atoms with Crippen molar-refractivity contribution in [2.24, 2.45) is 0 Å². The maximum atomic E-state index is 6.14. The Morgan fingerprint density at radius 2 is 0.667 bits per heavy atom. The summed E-state index contributed by atoms with van der Waals surface area (Å²) in [7, 11) is -6.07. The zero-order valence-corrected chi connectivity index (χ0v) is 21.2. The molecule has 0 unspecified atom stereocenters. The SMILES string of the molecule is CCO[Si](OCC)(OCC)C(C)(C)NC(C)(C)[Si](OCC)(OCC)OCC. The average Bonchev–Trinajstić information content (AvgIpc) is 2.55. The summed E-state index contributed by atoms with van der Waals surface area (Å²) in [6, 6.07) is 0. The van der Waals surface area contributed by atoms with Gasteiger partial charge < -0.3 is 26.6 Å². The fourth-order valence-corrected chi connectivity index (χ4v) is 9.41. The van der Waals surface area contributed by atoms with Crippen molar-refractivity contribution in [3.8, 4) is 0 Å². The molecule has 0 saturated heterocycles. The minimum Gasteiger partial charge on any atom is -0.373 e. The highest BCUT2D eigenvalue weighted by atomic mass is 28.4. The smallest absolute Gasteiger partial charge is 0.373 e. The Balaban J connectivity index is 6.01. The van der Waals surface area contributed by atoms with Crippen LogP contribution in [0.15, 0.2) is 0 Å². The molecule has 0 radical (unpaired) electrons. The largest absolute Gasteiger partial charge is 0.521 e. The molecule has 0 saturated carbocycles. The van der Waals surface area contributed by atoms with Crippen molar-refractivity contribution < 1.29 is 26.6 Å². The van der Waals surface area contributed by atoms with Crippen molar-refractivity contribution in [1.29, 1.82) is 0 Å². The zero-order valence-electron chi connectivity index (χ0n) is 19.2. The maximum Gasteiger partial charge on any atom is 0.521 e. The second-order valence-electron chi connectivity index (χ2n) is 7.09. The van der Waals surface area contributed by atoms with E-state index in [2.05, 4.69) is 33.0 Å². The summed E-state index contributed by atoms with van der Waals surface area (Å²) in [5.74, 6) is 0. The van der Waals surface area contributed by atoms with Gasteiger partial charge in [0.25, 0.3) is 0 Å². The van der Waals surface area contributed by atoms with Crippen LogP contribution in [0.4, 0.5) is 0 Å². The Kier molecular flexibility index (Phi) is 12.1. The topological polar surface area (TPSA) is 67.4 Å². The molecule has 0 aliphatic carbocycles. The minimum absolute atomic E-state index is 0.517. The normalized spacial score (nSPS) is 14.0. The van der Waals surface area contributed by atoms with Crippen LogP contribution in [0.5, 0.6) is 0 Å². The summed E-state index contributed by atoms with van der Waals surface area (Å²) in [6.45, 7) is 23.1. The van der Waals surface area contributed by atoms with E-state index in [-0.39, 0.29) is 0 Å². The lowest BCUT2D eigenvalue weighted by molar-refractivity contribution is 0.0211. The first-order chi connectivity index (χ1) is 12.6. The van der Waals surface area contributed by atoms with E-state index in [4.69, 9.17) is 26.6 Å². The molecule has 0 rings (SSSR count). The molecule has 0 aliphatic rings. The molecule has 0 amide bonds. The summed E-state index contributed by atoms with van der Waals surface area (Å²) in [5.41, 5.74) is 0. The van der Waals surface area contributed by atoms with Crippen LogP contribution in [0.25, 0.3) is 0 Å². The molecule has 0 aromatic rings. The van der Waals surface area contributed by atoms with Crippen LogP contribution >= 0.6 is 0 Å². The standard InChI is InChI=1S/C18H43NO6Si2/c1-11-20-26(21-12-2,22-13-3)17(7,8)19-18(9,10)27(23-14-4,24-15-5)25-16-6/h19H,11-16H2,1-10H3. The first-order valence-electron chi connectivity index (χ1n) is 10.2. The summed E-state index contributed by atoms with van der Waals surface area (Å²) >= 11 is 0. The molecule has 0 aliphatic heterocycles. The fourth-order valence-electron chi connectivity index (χ4n) is 3.41. The molecule has 27 heavy (non-hydrogen) atoms. The van der Waals surface area contributed by atoms with Crippen molar-refractivity contribution in [3.05, 3.63) is 0 Å². The highest BCUT2D eigenvalue weighted by Gasteiger charge is 2.63. The lowest BCUT2D eigenvalue weighted by Gasteiger charge is -2.49. The molecule has 0 aromatic carbocycles. The van der Waals surface area contributed by atoms with Crippen LogP contribution in [0.2, 0.25) is 0 Å². The molecule has 0 fully saturated rings. The zero-order chi connectivity index (χ0) is 21.2. The van der Waals surface area contributed by atoms with Gasteiger partial charge in [0.2, 0.25) is 0 Å². The predicted molar refractivity (Wildman–Crippen MR) is 113 cm³/mol. The van der Waals surface area contributed by atoms with E-state index in [1.807, 2.05) is 41.5 Å². The summed E-state index contributed by atoms with van der Waals surface area (Å²) in [5, 5.41) is 2.53. The fraction of sp³-hybridized carbons (Fsp3) is 1.00. The van der Waals surface area contributed by atoms with E-state index in [0.717, 1.165) is 0 Å². The van der Waals surface area contributed by atoms with Crippen molar-refractivity contribution in [2.45, 2.75) is 79.6 Å². The van der Waals surface area contributed by atoms with E-state index in [1.54, 1.807) is 0 Å². The third kappa shape index (κ3) is 6.58. The summed E-state index contributed by atoms with van der Waals surface area (Å²) < 4.78 is 36.8. The van der Waals surface area contributed by atoms with Gasteiger partial charge in [-0.25, -0.2) is 0 Å². The van der Waals surface area contributed by atoms with E-state index in [0.29, 0.717) is 39.6 Å². The Morgan fingerprint density at radius 1 is 0.481 bits per heavy atom. The van der Waals surface area contributed by atoms with Crippen molar-refractivity contribution in [2.75, 3.05) is 39.6 Å². The predicted octanol–water partition coefficient (Wildman–Crippen LogP) is 3.31. The van der Waals surface area contributed by atoms with E-state index < -0.39 is 27.9 Å². The lowest BCUT2D eigenvalue weighted by atomic mass is 10.3. The Morgan fingerprint density at radius 3 is 0.815 bits per heavy atom. The Bertz CT molecular complexity index is 339. The molecule has 0 atom stereocenters. The van der Waals surface area contributed by atoms with Gasteiger partial charge in [0.15, 0.2) is 0 Å². The van der Waals surface area contributed by atoms with Gasteiger partial charge in [-0.05, 0) is 69.2 Å². The van der Waals surface area contributed by atoms with Gasteiger partial charge >= 0.3 is 17.6 Å². The Hall–Kier alpha value is 0.154. The number of rotatable bonds is 16. The number of hydrogen-bond acceptors (Lipinski definition) is 7. The highest BCUT2D eigenvalue weighted by Crippen LogP contribution is 2.32. The van der Waals surface area contributed by atoms with Crippen LogP contribution < -0.4 is 5.32 Å². The molecule has 0 aromatic heterocycles. The molecule has 0 bridgehead atoms. The monoisotopic (exact) mass is 425 g/mol. The maximum absolute atomic E-state index is 6.14. The molecular formula is C18H43NO6Si2. The number of nitrogens with one attached hydrogen (secondary N) is 1. The average molecular weight is 426 g/mol. The molecule has 164 valence electrons. The second-order valence-corrected chi connectivity index (χ2v) is 13.5. The third-order valence-electron chi connectivity index (χ3n) is 4.16. The van der Waals surface area contributed by atoms with Gasteiger partial charge in [-0.15, -0.1) is 0 Å². The first kappa shape index (κ1) is 27.2. The van der Waals surface area contributed by atoms with Crippen LogP contribution in [0.3, 0.4) is 0 Å². The third-order valence-corrected chi connectivity index (χ3v) is 11.5. The molecule has 0 spiro atoms. The van der Waals surface area contributed by atoms with Gasteiger partial charge in [-0.2, -0.15) is 0 Å².